The third-order valence-electron chi connectivity index (χ3n) is 4.11. The average molecular weight is 359 g/mol. The van der Waals surface area contributed by atoms with Gasteiger partial charge >= 0.3 is 0 Å². The topological polar surface area (TPSA) is 63.9 Å². The van der Waals surface area contributed by atoms with Crippen molar-refractivity contribution in [2.75, 3.05) is 5.73 Å². The van der Waals surface area contributed by atoms with Crippen LogP contribution in [-0.2, 0) is 6.42 Å². The number of hydrogen-bond acceptors (Lipinski definition) is 2. The first-order valence-electron chi connectivity index (χ1n) is 7.48. The molecule has 0 aliphatic rings. The van der Waals surface area contributed by atoms with Gasteiger partial charge in [0.05, 0.1) is 0 Å². The molecule has 0 radical (unpaired) electrons. The summed E-state index contributed by atoms with van der Waals surface area (Å²) in [6.07, 6.45) is 2.04. The van der Waals surface area contributed by atoms with Crippen LogP contribution in [0.1, 0.15) is 37.1 Å². The van der Waals surface area contributed by atoms with Gasteiger partial charge in [-0.2, -0.15) is 5.26 Å². The SMILES string of the molecule is CC[C@@H](C)Cc1[nH+]c(N)c(C#N)c(-c2cccc(Br)c2)c1C. The Morgan fingerprint density at radius 1 is 1.41 bits per heavy atom. The second-order valence-corrected chi connectivity index (χ2v) is 6.65. The fourth-order valence-electron chi connectivity index (χ4n) is 2.61. The molecule has 3 N–H and O–H groups in total. The molecule has 0 bridgehead atoms. The van der Waals surface area contributed by atoms with Gasteiger partial charge in [-0.25, -0.2) is 4.98 Å². The number of H-pyrrole nitrogens is 1. The number of rotatable bonds is 4. The van der Waals surface area contributed by atoms with Crippen molar-refractivity contribution in [3.8, 4) is 17.2 Å². The molecule has 2 aromatic rings. The summed E-state index contributed by atoms with van der Waals surface area (Å²) >= 11 is 3.50. The van der Waals surface area contributed by atoms with E-state index in [4.69, 9.17) is 5.73 Å². The van der Waals surface area contributed by atoms with Crippen LogP contribution < -0.4 is 10.7 Å². The molecule has 3 nitrogen and oxygen atoms in total. The maximum Gasteiger partial charge on any atom is 0.289 e. The lowest BCUT2D eigenvalue weighted by Gasteiger charge is -2.14. The number of aromatic nitrogens is 1. The summed E-state index contributed by atoms with van der Waals surface area (Å²) in [5, 5.41) is 9.51. The number of pyridine rings is 1. The highest BCUT2D eigenvalue weighted by Crippen LogP contribution is 2.32. The van der Waals surface area contributed by atoms with Gasteiger partial charge in [-0.05, 0) is 30.5 Å². The molecule has 114 valence electrons. The van der Waals surface area contributed by atoms with Crippen molar-refractivity contribution in [1.82, 2.24) is 0 Å². The molecule has 1 aromatic carbocycles. The smallest absolute Gasteiger partial charge is 0.286 e. The summed E-state index contributed by atoms with van der Waals surface area (Å²) in [5.41, 5.74) is 10.8. The highest BCUT2D eigenvalue weighted by molar-refractivity contribution is 9.10. The molecule has 0 unspecified atom stereocenters. The van der Waals surface area contributed by atoms with Crippen LogP contribution in [-0.4, -0.2) is 0 Å². The molecular weight excluding hydrogens is 338 g/mol. The Morgan fingerprint density at radius 2 is 2.14 bits per heavy atom. The van der Waals surface area contributed by atoms with Gasteiger partial charge in [0.1, 0.15) is 17.3 Å². The minimum atomic E-state index is 0.446. The van der Waals surface area contributed by atoms with Crippen molar-refractivity contribution in [3.05, 3.63) is 45.6 Å². The van der Waals surface area contributed by atoms with E-state index < -0.39 is 0 Å². The van der Waals surface area contributed by atoms with Crippen molar-refractivity contribution >= 4 is 21.7 Å². The van der Waals surface area contributed by atoms with Crippen LogP contribution in [0.2, 0.25) is 0 Å². The lowest BCUT2D eigenvalue weighted by atomic mass is 9.91. The summed E-state index contributed by atoms with van der Waals surface area (Å²) in [6, 6.07) is 10.2. The highest BCUT2D eigenvalue weighted by atomic mass is 79.9. The number of nitrogens with zero attached hydrogens (tertiary/aromatic N) is 1. The zero-order valence-electron chi connectivity index (χ0n) is 13.2. The second-order valence-electron chi connectivity index (χ2n) is 5.73. The number of hydrogen-bond donors (Lipinski definition) is 1. The molecule has 0 amide bonds. The van der Waals surface area contributed by atoms with Crippen molar-refractivity contribution in [3.63, 3.8) is 0 Å². The van der Waals surface area contributed by atoms with Gasteiger partial charge in [0.15, 0.2) is 0 Å². The summed E-state index contributed by atoms with van der Waals surface area (Å²) in [7, 11) is 0. The van der Waals surface area contributed by atoms with Crippen molar-refractivity contribution in [2.45, 2.75) is 33.6 Å². The minimum Gasteiger partial charge on any atom is -0.286 e. The van der Waals surface area contributed by atoms with Gasteiger partial charge < -0.3 is 0 Å². The Balaban J connectivity index is 2.67. The molecule has 2 rings (SSSR count). The Bertz CT molecular complexity index is 732. The number of benzene rings is 1. The molecule has 0 saturated carbocycles. The average Bonchev–Trinajstić information content (AvgIpc) is 2.49. The van der Waals surface area contributed by atoms with Gasteiger partial charge in [0, 0.05) is 22.0 Å². The van der Waals surface area contributed by atoms with Crippen LogP contribution in [0.3, 0.4) is 0 Å². The van der Waals surface area contributed by atoms with Gasteiger partial charge in [-0.3, -0.25) is 5.73 Å². The lowest BCUT2D eigenvalue weighted by molar-refractivity contribution is -0.374. The number of nitriles is 1. The summed E-state index contributed by atoms with van der Waals surface area (Å²) in [5.74, 6) is 1.01. The van der Waals surface area contributed by atoms with Crippen LogP contribution in [0.4, 0.5) is 5.82 Å². The third-order valence-corrected chi connectivity index (χ3v) is 4.60. The molecule has 0 aliphatic carbocycles. The van der Waals surface area contributed by atoms with Gasteiger partial charge in [0.2, 0.25) is 0 Å². The van der Waals surface area contributed by atoms with Crippen molar-refractivity contribution < 1.29 is 4.98 Å². The minimum absolute atomic E-state index is 0.446. The number of nitrogens with two attached hydrogens (primary N) is 1. The molecule has 0 spiro atoms. The first-order valence-corrected chi connectivity index (χ1v) is 8.27. The van der Waals surface area contributed by atoms with E-state index in [1.165, 1.54) is 0 Å². The predicted octanol–water partition coefficient (Wildman–Crippen LogP) is 4.28. The van der Waals surface area contributed by atoms with E-state index >= 15 is 0 Å². The maximum absolute atomic E-state index is 9.51. The number of aromatic amines is 1. The fraction of sp³-hybridized carbons (Fsp3) is 0.333. The van der Waals surface area contributed by atoms with Crippen LogP contribution in [0, 0.1) is 24.2 Å². The number of anilines is 1. The first kappa shape index (κ1) is 16.5. The van der Waals surface area contributed by atoms with E-state index in [0.717, 1.165) is 39.7 Å². The highest BCUT2D eigenvalue weighted by Gasteiger charge is 2.21. The Kier molecular flexibility index (Phi) is 5.20. The standard InChI is InChI=1S/C18H20BrN3/c1-4-11(2)8-16-12(3)17(15(10-20)18(21)22-16)13-6-5-7-14(19)9-13/h5-7,9,11H,4,8H2,1-3H3,(H2,21,22)/p+1/t11-/m1/s1. The molecular formula is C18H21BrN3+. The third kappa shape index (κ3) is 3.31. The molecule has 0 saturated heterocycles. The number of halogens is 1. The van der Waals surface area contributed by atoms with Crippen LogP contribution in [0.5, 0.6) is 0 Å². The molecule has 1 aromatic heterocycles. The molecule has 1 heterocycles. The summed E-state index contributed by atoms with van der Waals surface area (Å²) in [4.78, 5) is 3.23. The Hall–Kier alpha value is -1.86. The van der Waals surface area contributed by atoms with E-state index in [2.05, 4.69) is 47.8 Å². The van der Waals surface area contributed by atoms with Gasteiger partial charge in [0.25, 0.3) is 5.82 Å². The molecule has 0 fully saturated rings. The number of nitrogens with one attached hydrogen (secondary N) is 1. The van der Waals surface area contributed by atoms with Crippen LogP contribution in [0.25, 0.3) is 11.1 Å². The first-order chi connectivity index (χ1) is 10.5. The van der Waals surface area contributed by atoms with Gasteiger partial charge in [-0.1, -0.05) is 48.3 Å². The Morgan fingerprint density at radius 3 is 2.73 bits per heavy atom. The van der Waals surface area contributed by atoms with Crippen LogP contribution >= 0.6 is 15.9 Å². The quantitative estimate of drug-likeness (QED) is 0.886. The second kappa shape index (κ2) is 6.93. The van der Waals surface area contributed by atoms with Crippen LogP contribution in [0.15, 0.2) is 28.7 Å². The largest absolute Gasteiger partial charge is 0.289 e. The van der Waals surface area contributed by atoms with E-state index in [0.29, 0.717) is 17.3 Å². The molecule has 0 aliphatic heterocycles. The molecule has 1 atom stereocenters. The molecule has 22 heavy (non-hydrogen) atoms. The zero-order chi connectivity index (χ0) is 16.3. The lowest BCUT2D eigenvalue weighted by Crippen LogP contribution is -2.23. The summed E-state index contributed by atoms with van der Waals surface area (Å²) in [6.45, 7) is 6.47. The van der Waals surface area contributed by atoms with E-state index in [-0.39, 0.29) is 0 Å². The van der Waals surface area contributed by atoms with E-state index in [1.54, 1.807) is 0 Å². The summed E-state index contributed by atoms with van der Waals surface area (Å²) < 4.78 is 0.989. The van der Waals surface area contributed by atoms with Gasteiger partial charge in [-0.15, -0.1) is 0 Å². The normalized spacial score (nSPS) is 12.0. The fourth-order valence-corrected chi connectivity index (χ4v) is 3.01. The number of nitrogen functional groups attached to an aromatic ring is 1. The maximum atomic E-state index is 9.51. The predicted molar refractivity (Wildman–Crippen MR) is 93.2 cm³/mol. The monoisotopic (exact) mass is 358 g/mol. The van der Waals surface area contributed by atoms with Crippen molar-refractivity contribution in [1.29, 1.82) is 5.26 Å². The van der Waals surface area contributed by atoms with E-state index in [9.17, 15) is 5.26 Å². The van der Waals surface area contributed by atoms with E-state index in [1.807, 2.05) is 24.3 Å². The Labute approximate surface area is 140 Å². The zero-order valence-corrected chi connectivity index (χ0v) is 14.8. The van der Waals surface area contributed by atoms with Crippen molar-refractivity contribution in [2.24, 2.45) is 5.92 Å². The molecule has 4 heteroatoms.